The largest absolute Gasteiger partial charge is 0.485 e. The third-order valence-electron chi connectivity index (χ3n) is 4.94. The van der Waals surface area contributed by atoms with Gasteiger partial charge in [-0.1, -0.05) is 18.2 Å². The number of hydrogen-bond acceptors (Lipinski definition) is 6. The summed E-state index contributed by atoms with van der Waals surface area (Å²) in [4.78, 5) is 22.6. The number of ketones is 1. The maximum absolute atomic E-state index is 12.9. The van der Waals surface area contributed by atoms with Crippen LogP contribution in [0.2, 0.25) is 0 Å². The van der Waals surface area contributed by atoms with Crippen molar-refractivity contribution in [2.24, 2.45) is 0 Å². The summed E-state index contributed by atoms with van der Waals surface area (Å²) < 4.78 is 33.1. The monoisotopic (exact) mass is 388 g/mol. The second kappa shape index (κ2) is 6.14. The predicted molar refractivity (Wildman–Crippen MR) is 95.2 cm³/mol. The first kappa shape index (κ1) is 17.6. The predicted octanol–water partition coefficient (Wildman–Crippen LogP) is 2.39. The van der Waals surface area contributed by atoms with Gasteiger partial charge in [0.15, 0.2) is 5.78 Å². The second-order valence-corrected chi connectivity index (χ2v) is 8.66. The molecule has 2 aromatic carbocycles. The van der Waals surface area contributed by atoms with E-state index in [1.54, 1.807) is 24.3 Å². The number of fused-ring (bicyclic) bond motifs is 1. The summed E-state index contributed by atoms with van der Waals surface area (Å²) in [5, 5.41) is 10.9. The van der Waals surface area contributed by atoms with Gasteiger partial charge in [0.2, 0.25) is 10.0 Å². The topological polar surface area (TPSA) is 107 Å². The number of carbonyl (C=O) groups excluding carboxylic acids is 1. The number of para-hydroxylation sites is 1. The number of non-ortho nitro benzene ring substituents is 1. The molecule has 2 aliphatic heterocycles. The number of nitrogens with zero attached hydrogens (tertiary/aromatic N) is 2. The number of ether oxygens (including phenoxy) is 1. The van der Waals surface area contributed by atoms with Crippen LogP contribution in [0, 0.1) is 10.1 Å². The number of hydrogen-bond donors (Lipinski definition) is 0. The van der Waals surface area contributed by atoms with Gasteiger partial charge >= 0.3 is 0 Å². The Morgan fingerprint density at radius 2 is 1.93 bits per heavy atom. The molecule has 27 heavy (non-hydrogen) atoms. The molecule has 0 N–H and O–H groups in total. The zero-order valence-electron chi connectivity index (χ0n) is 14.2. The fourth-order valence-electron chi connectivity index (χ4n) is 3.59. The molecule has 2 aromatic rings. The average Bonchev–Trinajstić information content (AvgIpc) is 3.05. The molecule has 0 aliphatic carbocycles. The van der Waals surface area contributed by atoms with E-state index in [0.717, 1.165) is 6.07 Å². The smallest absolute Gasteiger partial charge is 0.270 e. The van der Waals surface area contributed by atoms with Crippen LogP contribution in [0.15, 0.2) is 53.4 Å². The van der Waals surface area contributed by atoms with E-state index in [2.05, 4.69) is 0 Å². The van der Waals surface area contributed by atoms with Crippen LogP contribution in [0.3, 0.4) is 0 Å². The van der Waals surface area contributed by atoms with E-state index in [0.29, 0.717) is 17.7 Å². The van der Waals surface area contributed by atoms with Gasteiger partial charge in [-0.25, -0.2) is 8.42 Å². The summed E-state index contributed by atoms with van der Waals surface area (Å²) >= 11 is 0. The molecule has 1 spiro atoms. The number of carbonyl (C=O) groups is 1. The molecule has 0 radical (unpaired) electrons. The Bertz CT molecular complexity index is 1050. The molecule has 2 aliphatic rings. The first-order valence-corrected chi connectivity index (χ1v) is 9.81. The fraction of sp³-hybridized carbons (Fsp3) is 0.278. The lowest BCUT2D eigenvalue weighted by molar-refractivity contribution is -0.385. The first-order valence-electron chi connectivity index (χ1n) is 8.37. The van der Waals surface area contributed by atoms with Crippen LogP contribution in [0.5, 0.6) is 5.75 Å². The van der Waals surface area contributed by atoms with E-state index >= 15 is 0 Å². The number of nitro benzene ring substituents is 1. The Kier molecular flexibility index (Phi) is 4.01. The Hall–Kier alpha value is -2.78. The Balaban J connectivity index is 1.62. The van der Waals surface area contributed by atoms with Gasteiger partial charge in [0, 0.05) is 25.1 Å². The molecular formula is C18H16N2O6S. The minimum Gasteiger partial charge on any atom is -0.485 e. The quantitative estimate of drug-likeness (QED) is 0.590. The lowest BCUT2D eigenvalue weighted by atomic mass is 9.89. The van der Waals surface area contributed by atoms with Crippen LogP contribution >= 0.6 is 0 Å². The lowest BCUT2D eigenvalue weighted by Gasteiger charge is -2.34. The van der Waals surface area contributed by atoms with Gasteiger partial charge in [-0.15, -0.1) is 0 Å². The van der Waals surface area contributed by atoms with Crippen molar-refractivity contribution in [2.75, 3.05) is 13.1 Å². The minimum absolute atomic E-state index is 0.0259. The molecule has 1 atom stereocenters. The third kappa shape index (κ3) is 2.98. The highest BCUT2D eigenvalue weighted by atomic mass is 32.2. The molecule has 0 aromatic heterocycles. The molecule has 4 rings (SSSR count). The molecule has 1 saturated heterocycles. The van der Waals surface area contributed by atoms with Gasteiger partial charge in [0.05, 0.1) is 28.3 Å². The Labute approximate surface area is 155 Å². The van der Waals surface area contributed by atoms with Gasteiger partial charge in [0.25, 0.3) is 5.69 Å². The number of nitro groups is 1. The normalized spacial score (nSPS) is 22.4. The van der Waals surface area contributed by atoms with Gasteiger partial charge in [-0.2, -0.15) is 4.31 Å². The molecule has 1 fully saturated rings. The van der Waals surface area contributed by atoms with Crippen molar-refractivity contribution in [3.8, 4) is 5.75 Å². The molecular weight excluding hydrogens is 372 g/mol. The SMILES string of the molecule is O=C1CC2(CCN(S(=O)(=O)c3cccc([N+](=O)[O-])c3)C2)Oc2ccccc21. The van der Waals surface area contributed by atoms with E-state index in [1.165, 1.54) is 22.5 Å². The zero-order valence-corrected chi connectivity index (χ0v) is 15.0. The summed E-state index contributed by atoms with van der Waals surface area (Å²) in [6, 6.07) is 11.9. The maximum atomic E-state index is 12.9. The summed E-state index contributed by atoms with van der Waals surface area (Å²) in [6.07, 6.45) is 0.478. The van der Waals surface area contributed by atoms with E-state index in [4.69, 9.17) is 4.74 Å². The molecule has 140 valence electrons. The number of rotatable bonds is 3. The summed E-state index contributed by atoms with van der Waals surface area (Å²) in [5.74, 6) is 0.384. The van der Waals surface area contributed by atoms with Crippen molar-refractivity contribution in [3.05, 3.63) is 64.2 Å². The lowest BCUT2D eigenvalue weighted by Crippen LogP contribution is -2.45. The van der Waals surface area contributed by atoms with Crippen molar-refractivity contribution < 1.29 is 22.9 Å². The Morgan fingerprint density at radius 1 is 1.15 bits per heavy atom. The number of Topliss-reactive ketones (excluding diaryl/α,β-unsaturated/α-hetero) is 1. The van der Waals surface area contributed by atoms with Crippen LogP contribution in [-0.4, -0.2) is 42.1 Å². The van der Waals surface area contributed by atoms with Crippen molar-refractivity contribution in [1.82, 2.24) is 4.31 Å². The van der Waals surface area contributed by atoms with Gasteiger partial charge in [-0.3, -0.25) is 14.9 Å². The fourth-order valence-corrected chi connectivity index (χ4v) is 5.15. The summed E-state index contributed by atoms with van der Waals surface area (Å²) in [5.41, 5.74) is -0.690. The summed E-state index contributed by atoms with van der Waals surface area (Å²) in [6.45, 7) is 0.207. The van der Waals surface area contributed by atoms with E-state index < -0.39 is 20.5 Å². The highest BCUT2D eigenvalue weighted by Gasteiger charge is 2.49. The van der Waals surface area contributed by atoms with Crippen LogP contribution in [0.4, 0.5) is 5.69 Å². The maximum Gasteiger partial charge on any atom is 0.270 e. The van der Waals surface area contributed by atoms with Crippen LogP contribution in [0.25, 0.3) is 0 Å². The molecule has 0 amide bonds. The van der Waals surface area contributed by atoms with Gasteiger partial charge in [-0.05, 0) is 18.2 Å². The molecule has 0 saturated carbocycles. The standard InChI is InChI=1S/C18H16N2O6S/c21-16-11-18(26-17-7-2-1-6-15(16)17)8-9-19(12-18)27(24,25)14-5-3-4-13(10-14)20(22)23/h1-7,10H,8-9,11-12H2. The van der Waals surface area contributed by atoms with E-state index in [1.807, 2.05) is 0 Å². The summed E-state index contributed by atoms with van der Waals surface area (Å²) in [7, 11) is -3.93. The highest BCUT2D eigenvalue weighted by Crippen LogP contribution is 2.40. The molecule has 9 heteroatoms. The van der Waals surface area contributed by atoms with E-state index in [9.17, 15) is 23.3 Å². The minimum atomic E-state index is -3.93. The number of benzene rings is 2. The highest BCUT2D eigenvalue weighted by molar-refractivity contribution is 7.89. The van der Waals surface area contributed by atoms with Gasteiger partial charge < -0.3 is 4.74 Å². The Morgan fingerprint density at radius 3 is 2.70 bits per heavy atom. The molecule has 2 heterocycles. The van der Waals surface area contributed by atoms with E-state index in [-0.39, 0.29) is 35.9 Å². The van der Waals surface area contributed by atoms with Crippen molar-refractivity contribution in [2.45, 2.75) is 23.3 Å². The molecule has 1 unspecified atom stereocenters. The van der Waals surface area contributed by atoms with Crippen LogP contribution in [0.1, 0.15) is 23.2 Å². The second-order valence-electron chi connectivity index (χ2n) is 6.72. The molecule has 0 bridgehead atoms. The third-order valence-corrected chi connectivity index (χ3v) is 6.79. The van der Waals surface area contributed by atoms with Crippen molar-refractivity contribution >= 4 is 21.5 Å². The first-order chi connectivity index (χ1) is 12.8. The van der Waals surface area contributed by atoms with Crippen molar-refractivity contribution in [3.63, 3.8) is 0 Å². The van der Waals surface area contributed by atoms with Gasteiger partial charge in [0.1, 0.15) is 11.4 Å². The average molecular weight is 388 g/mol. The van der Waals surface area contributed by atoms with Crippen LogP contribution < -0.4 is 4.74 Å². The van der Waals surface area contributed by atoms with Crippen LogP contribution in [-0.2, 0) is 10.0 Å². The van der Waals surface area contributed by atoms with Crippen molar-refractivity contribution in [1.29, 1.82) is 0 Å². The molecule has 8 nitrogen and oxygen atoms in total. The number of sulfonamides is 1. The zero-order chi connectivity index (χ0) is 19.2.